The molecular formula is C13H17N3O3S. The van der Waals surface area contributed by atoms with Crippen LogP contribution in [0.3, 0.4) is 0 Å². The van der Waals surface area contributed by atoms with Crippen molar-refractivity contribution in [3.05, 3.63) is 28.2 Å². The van der Waals surface area contributed by atoms with Crippen molar-refractivity contribution in [1.29, 1.82) is 0 Å². The van der Waals surface area contributed by atoms with Gasteiger partial charge in [-0.15, -0.1) is 16.4 Å². The molecular weight excluding hydrogens is 278 g/mol. The molecule has 6 nitrogen and oxygen atoms in total. The summed E-state index contributed by atoms with van der Waals surface area (Å²) in [5.74, 6) is -0.235. The van der Waals surface area contributed by atoms with Crippen molar-refractivity contribution in [2.45, 2.75) is 26.4 Å². The summed E-state index contributed by atoms with van der Waals surface area (Å²) in [7, 11) is 1.34. The number of esters is 1. The highest BCUT2D eigenvalue weighted by atomic mass is 32.1. The van der Waals surface area contributed by atoms with Crippen molar-refractivity contribution in [2.75, 3.05) is 7.11 Å². The number of ether oxygens (including phenoxy) is 1. The molecule has 0 aromatic carbocycles. The first kappa shape index (κ1) is 14.7. The van der Waals surface area contributed by atoms with Crippen LogP contribution in [0.5, 0.6) is 0 Å². The number of aromatic nitrogens is 3. The van der Waals surface area contributed by atoms with Crippen molar-refractivity contribution in [1.82, 2.24) is 15.0 Å². The van der Waals surface area contributed by atoms with Crippen LogP contribution >= 0.6 is 11.3 Å². The van der Waals surface area contributed by atoms with Crippen LogP contribution in [-0.4, -0.2) is 39.3 Å². The van der Waals surface area contributed by atoms with E-state index in [1.54, 1.807) is 17.6 Å². The molecule has 0 saturated carbocycles. The molecule has 0 spiro atoms. The van der Waals surface area contributed by atoms with Crippen LogP contribution in [0.1, 0.15) is 29.2 Å². The molecule has 108 valence electrons. The van der Waals surface area contributed by atoms with E-state index < -0.39 is 12.1 Å². The van der Waals surface area contributed by atoms with E-state index in [0.717, 1.165) is 0 Å². The maximum absolute atomic E-state index is 11.6. The number of hydrogen-bond donors (Lipinski definition) is 1. The van der Waals surface area contributed by atoms with E-state index in [9.17, 15) is 9.90 Å². The van der Waals surface area contributed by atoms with Crippen molar-refractivity contribution in [2.24, 2.45) is 5.92 Å². The minimum atomic E-state index is -0.456. The first-order valence-corrected chi connectivity index (χ1v) is 7.16. The Hall–Kier alpha value is -1.73. The molecule has 0 aliphatic rings. The zero-order valence-corrected chi connectivity index (χ0v) is 12.4. The van der Waals surface area contributed by atoms with Crippen LogP contribution in [0.2, 0.25) is 0 Å². The average molecular weight is 295 g/mol. The number of nitrogens with zero attached hydrogens (tertiary/aromatic N) is 3. The second-order valence-corrected chi connectivity index (χ2v) is 5.71. The topological polar surface area (TPSA) is 77.2 Å². The highest BCUT2D eigenvalue weighted by Gasteiger charge is 2.17. The predicted octanol–water partition coefficient (Wildman–Crippen LogP) is 1.67. The van der Waals surface area contributed by atoms with Gasteiger partial charge < -0.3 is 9.84 Å². The molecule has 7 heteroatoms. The number of carbonyl (C=O) groups excluding carboxylic acids is 1. The Balaban J connectivity index is 2.21. The molecule has 2 heterocycles. The van der Waals surface area contributed by atoms with Crippen LogP contribution in [-0.2, 0) is 11.2 Å². The Kier molecular flexibility index (Phi) is 4.51. The number of thiophene rings is 1. The molecule has 0 amide bonds. The van der Waals surface area contributed by atoms with E-state index in [4.69, 9.17) is 4.74 Å². The summed E-state index contributed by atoms with van der Waals surface area (Å²) in [5, 5.41) is 19.7. The highest BCUT2D eigenvalue weighted by molar-refractivity contribution is 7.12. The van der Waals surface area contributed by atoms with Gasteiger partial charge in [0.1, 0.15) is 4.88 Å². The Bertz CT molecular complexity index is 591. The van der Waals surface area contributed by atoms with Crippen molar-refractivity contribution in [3.63, 3.8) is 0 Å². The monoisotopic (exact) mass is 295 g/mol. The number of hydrogen-bond acceptors (Lipinski definition) is 6. The van der Waals surface area contributed by atoms with Gasteiger partial charge in [-0.25, -0.2) is 9.48 Å². The first-order valence-electron chi connectivity index (χ1n) is 6.28. The van der Waals surface area contributed by atoms with Crippen LogP contribution in [0.15, 0.2) is 17.6 Å². The minimum Gasteiger partial charge on any atom is -0.465 e. The minimum absolute atomic E-state index is 0.159. The second kappa shape index (κ2) is 6.15. The first-order chi connectivity index (χ1) is 9.52. The Morgan fingerprint density at radius 2 is 2.30 bits per heavy atom. The molecule has 20 heavy (non-hydrogen) atoms. The summed E-state index contributed by atoms with van der Waals surface area (Å²) in [6, 6.07) is 1.79. The van der Waals surface area contributed by atoms with Crippen molar-refractivity contribution < 1.29 is 14.6 Å². The van der Waals surface area contributed by atoms with Crippen molar-refractivity contribution >= 4 is 17.3 Å². The lowest BCUT2D eigenvalue weighted by molar-refractivity contribution is 0.0606. The largest absolute Gasteiger partial charge is 0.465 e. The van der Waals surface area contributed by atoms with Gasteiger partial charge >= 0.3 is 5.97 Å². The number of rotatable bonds is 5. The molecule has 0 saturated heterocycles. The summed E-state index contributed by atoms with van der Waals surface area (Å²) < 4.78 is 6.26. The lowest BCUT2D eigenvalue weighted by Crippen LogP contribution is -2.17. The summed E-state index contributed by atoms with van der Waals surface area (Å²) in [5.41, 5.74) is 1.33. The van der Waals surface area contributed by atoms with Gasteiger partial charge in [0.05, 0.1) is 30.8 Å². The SMILES string of the molecule is COC(=O)c1sccc1-n1cc(CC(O)C(C)C)nn1. The summed E-state index contributed by atoms with van der Waals surface area (Å²) in [6.07, 6.45) is 1.71. The molecule has 1 atom stereocenters. The highest BCUT2D eigenvalue weighted by Crippen LogP contribution is 2.21. The normalized spacial score (nSPS) is 12.7. The summed E-state index contributed by atoms with van der Waals surface area (Å²) in [4.78, 5) is 12.1. The smallest absolute Gasteiger partial charge is 0.350 e. The van der Waals surface area contributed by atoms with E-state index >= 15 is 0 Å². The average Bonchev–Trinajstić information content (AvgIpc) is 3.05. The molecule has 1 N–H and O–H groups in total. The predicted molar refractivity (Wildman–Crippen MR) is 75.1 cm³/mol. The van der Waals surface area contributed by atoms with E-state index in [1.165, 1.54) is 23.1 Å². The zero-order chi connectivity index (χ0) is 14.7. The third-order valence-electron chi connectivity index (χ3n) is 2.99. The quantitative estimate of drug-likeness (QED) is 0.849. The van der Waals surface area contributed by atoms with Gasteiger partial charge in [0, 0.05) is 6.42 Å². The molecule has 0 radical (unpaired) electrons. The van der Waals surface area contributed by atoms with Gasteiger partial charge in [0.2, 0.25) is 0 Å². The maximum atomic E-state index is 11.6. The van der Waals surface area contributed by atoms with Crippen LogP contribution in [0.4, 0.5) is 0 Å². The Morgan fingerprint density at radius 1 is 1.55 bits per heavy atom. The van der Waals surface area contributed by atoms with E-state index in [-0.39, 0.29) is 5.92 Å². The molecule has 2 aromatic heterocycles. The third kappa shape index (κ3) is 3.05. The van der Waals surface area contributed by atoms with Gasteiger partial charge in [-0.1, -0.05) is 19.1 Å². The maximum Gasteiger partial charge on any atom is 0.350 e. The molecule has 0 aliphatic heterocycles. The van der Waals surface area contributed by atoms with Gasteiger partial charge in [0.15, 0.2) is 0 Å². The lowest BCUT2D eigenvalue weighted by Gasteiger charge is -2.11. The number of aliphatic hydroxyl groups is 1. The van der Waals surface area contributed by atoms with Gasteiger partial charge in [-0.3, -0.25) is 0 Å². The number of aliphatic hydroxyl groups excluding tert-OH is 1. The summed E-state index contributed by atoms with van der Waals surface area (Å²) >= 11 is 1.29. The molecule has 0 fully saturated rings. The van der Waals surface area contributed by atoms with Gasteiger partial charge in [-0.2, -0.15) is 0 Å². The lowest BCUT2D eigenvalue weighted by atomic mass is 10.0. The Morgan fingerprint density at radius 3 is 2.95 bits per heavy atom. The number of methoxy groups -OCH3 is 1. The van der Waals surface area contributed by atoms with E-state index in [0.29, 0.717) is 22.7 Å². The number of carbonyl (C=O) groups is 1. The van der Waals surface area contributed by atoms with E-state index in [2.05, 4.69) is 10.3 Å². The van der Waals surface area contributed by atoms with Crippen molar-refractivity contribution in [3.8, 4) is 5.69 Å². The summed E-state index contributed by atoms with van der Waals surface area (Å²) in [6.45, 7) is 3.90. The standard InChI is InChI=1S/C13H17N3O3S/c1-8(2)11(17)6-9-7-16(15-14-9)10-4-5-20-12(10)13(18)19-3/h4-5,7-8,11,17H,6H2,1-3H3. The van der Waals surface area contributed by atoms with Gasteiger partial charge in [-0.05, 0) is 17.4 Å². The van der Waals surface area contributed by atoms with Crippen LogP contribution < -0.4 is 0 Å². The van der Waals surface area contributed by atoms with E-state index in [1.807, 2.05) is 13.8 Å². The fraction of sp³-hybridized carbons (Fsp3) is 0.462. The molecule has 2 aromatic rings. The fourth-order valence-corrected chi connectivity index (χ4v) is 2.48. The van der Waals surface area contributed by atoms with Gasteiger partial charge in [0.25, 0.3) is 0 Å². The fourth-order valence-electron chi connectivity index (χ4n) is 1.69. The zero-order valence-electron chi connectivity index (χ0n) is 11.6. The van der Waals surface area contributed by atoms with Crippen LogP contribution in [0, 0.1) is 5.92 Å². The second-order valence-electron chi connectivity index (χ2n) is 4.80. The molecule has 2 rings (SSSR count). The molecule has 0 aliphatic carbocycles. The Labute approximate surface area is 121 Å². The third-order valence-corrected chi connectivity index (χ3v) is 3.87. The molecule has 0 bridgehead atoms. The molecule has 1 unspecified atom stereocenters. The van der Waals surface area contributed by atoms with Crippen LogP contribution in [0.25, 0.3) is 5.69 Å².